The Morgan fingerprint density at radius 3 is 2.33 bits per heavy atom. The molecule has 0 N–H and O–H groups in total. The van der Waals surface area contributed by atoms with Crippen LogP contribution in [0.1, 0.15) is 44.4 Å². The van der Waals surface area contributed by atoms with Crippen LogP contribution >= 0.6 is 23.2 Å². The van der Waals surface area contributed by atoms with Crippen LogP contribution in [0.15, 0.2) is 42.5 Å². The molecular formula is C23H30Cl2N2. The number of benzene rings is 2. The Morgan fingerprint density at radius 1 is 1.00 bits per heavy atom. The van der Waals surface area contributed by atoms with Crippen LogP contribution in [0.25, 0.3) is 0 Å². The maximum Gasteiger partial charge on any atom is 0.0670 e. The second-order valence-electron chi connectivity index (χ2n) is 8.83. The second-order valence-corrected chi connectivity index (χ2v) is 9.67. The summed E-state index contributed by atoms with van der Waals surface area (Å²) in [7, 11) is 0. The van der Waals surface area contributed by atoms with Gasteiger partial charge in [0.25, 0.3) is 0 Å². The fourth-order valence-corrected chi connectivity index (χ4v) is 4.11. The first-order chi connectivity index (χ1) is 12.7. The normalized spacial score (nSPS) is 18.7. The number of rotatable bonds is 4. The van der Waals surface area contributed by atoms with Crippen LogP contribution in [0.2, 0.25) is 10.0 Å². The quantitative estimate of drug-likeness (QED) is 0.565. The highest BCUT2D eigenvalue weighted by atomic mass is 35.5. The van der Waals surface area contributed by atoms with E-state index in [0.29, 0.717) is 5.41 Å². The number of anilines is 1. The van der Waals surface area contributed by atoms with Gasteiger partial charge < -0.3 is 4.90 Å². The number of nitrogens with zero attached hydrogens (tertiary/aromatic N) is 2. The molecule has 1 aliphatic heterocycles. The van der Waals surface area contributed by atoms with Crippen molar-refractivity contribution >= 4 is 28.9 Å². The highest BCUT2D eigenvalue weighted by Gasteiger charge is 2.30. The third kappa shape index (κ3) is 5.40. The number of halogens is 2. The van der Waals surface area contributed by atoms with Gasteiger partial charge in [-0.25, -0.2) is 0 Å². The van der Waals surface area contributed by atoms with Gasteiger partial charge in [0.15, 0.2) is 0 Å². The first kappa shape index (κ1) is 20.5. The maximum atomic E-state index is 6.62. The lowest BCUT2D eigenvalue weighted by atomic mass is 9.91. The van der Waals surface area contributed by atoms with E-state index in [2.05, 4.69) is 67.8 Å². The number of aryl methyl sites for hydroxylation is 1. The van der Waals surface area contributed by atoms with Crippen molar-refractivity contribution in [1.29, 1.82) is 0 Å². The third-order valence-corrected chi connectivity index (χ3v) is 5.86. The van der Waals surface area contributed by atoms with Crippen molar-refractivity contribution in [1.82, 2.24) is 4.90 Å². The van der Waals surface area contributed by atoms with Gasteiger partial charge in [-0.1, -0.05) is 62.2 Å². The van der Waals surface area contributed by atoms with Gasteiger partial charge in [0, 0.05) is 24.7 Å². The van der Waals surface area contributed by atoms with E-state index in [9.17, 15) is 0 Å². The molecule has 0 aliphatic carbocycles. The predicted molar refractivity (Wildman–Crippen MR) is 118 cm³/mol. The summed E-state index contributed by atoms with van der Waals surface area (Å²) in [5.74, 6) is 0. The largest absolute Gasteiger partial charge is 0.361 e. The van der Waals surface area contributed by atoms with Gasteiger partial charge in [0.1, 0.15) is 0 Å². The fourth-order valence-electron chi connectivity index (χ4n) is 3.64. The summed E-state index contributed by atoms with van der Waals surface area (Å²) in [6.07, 6.45) is 1.20. The summed E-state index contributed by atoms with van der Waals surface area (Å²) in [6, 6.07) is 14.9. The van der Waals surface area contributed by atoms with Crippen molar-refractivity contribution in [3.63, 3.8) is 0 Å². The van der Waals surface area contributed by atoms with E-state index in [0.717, 1.165) is 41.9 Å². The summed E-state index contributed by atoms with van der Waals surface area (Å²) in [5, 5.41) is 1.61. The minimum atomic E-state index is 0.274. The molecule has 1 unspecified atom stereocenters. The molecule has 1 heterocycles. The smallest absolute Gasteiger partial charge is 0.0670 e. The molecule has 0 aromatic heterocycles. The first-order valence-electron chi connectivity index (χ1n) is 9.73. The Hall–Kier alpha value is -1.22. The molecule has 1 atom stereocenters. The Bertz CT molecular complexity index is 765. The highest BCUT2D eigenvalue weighted by Crippen LogP contribution is 2.36. The lowest BCUT2D eigenvalue weighted by molar-refractivity contribution is 0.193. The molecule has 1 fully saturated rings. The molecule has 0 spiro atoms. The standard InChI is InChI=1S/C23H30Cl2N2/c1-17-5-10-21(20(25)15-17)27-14-13-26(12-11-23(2,3)4)16-22(27)18-6-8-19(24)9-7-18/h5-10,15,22H,11-14,16H2,1-4H3. The van der Waals surface area contributed by atoms with E-state index in [-0.39, 0.29) is 6.04 Å². The van der Waals surface area contributed by atoms with Crippen molar-refractivity contribution in [3.8, 4) is 0 Å². The van der Waals surface area contributed by atoms with Gasteiger partial charge in [0.2, 0.25) is 0 Å². The Kier molecular flexibility index (Phi) is 6.40. The number of hydrogen-bond acceptors (Lipinski definition) is 2. The molecule has 27 heavy (non-hydrogen) atoms. The number of hydrogen-bond donors (Lipinski definition) is 0. The Labute approximate surface area is 174 Å². The summed E-state index contributed by atoms with van der Waals surface area (Å²) in [4.78, 5) is 5.04. The molecule has 2 nitrogen and oxygen atoms in total. The van der Waals surface area contributed by atoms with Crippen molar-refractivity contribution in [3.05, 3.63) is 63.6 Å². The highest BCUT2D eigenvalue weighted by molar-refractivity contribution is 6.33. The molecule has 4 heteroatoms. The lowest BCUT2D eigenvalue weighted by Gasteiger charge is -2.44. The van der Waals surface area contributed by atoms with Gasteiger partial charge in [-0.05, 0) is 60.7 Å². The van der Waals surface area contributed by atoms with E-state index < -0.39 is 0 Å². The second kappa shape index (κ2) is 8.43. The molecular weight excluding hydrogens is 375 g/mol. The van der Waals surface area contributed by atoms with Crippen LogP contribution < -0.4 is 4.90 Å². The van der Waals surface area contributed by atoms with Crippen LogP contribution in [0.3, 0.4) is 0 Å². The molecule has 0 bridgehead atoms. The molecule has 1 saturated heterocycles. The van der Waals surface area contributed by atoms with Gasteiger partial charge in [-0.15, -0.1) is 0 Å². The summed E-state index contributed by atoms with van der Waals surface area (Å²) >= 11 is 12.8. The van der Waals surface area contributed by atoms with Gasteiger partial charge in [0.05, 0.1) is 16.8 Å². The summed E-state index contributed by atoms with van der Waals surface area (Å²) in [6.45, 7) is 13.2. The number of piperazine rings is 1. The average molecular weight is 405 g/mol. The van der Waals surface area contributed by atoms with Crippen LogP contribution in [-0.2, 0) is 0 Å². The minimum Gasteiger partial charge on any atom is -0.361 e. The fraction of sp³-hybridized carbons (Fsp3) is 0.478. The van der Waals surface area contributed by atoms with E-state index in [1.807, 2.05) is 12.1 Å². The SMILES string of the molecule is Cc1ccc(N2CCN(CCC(C)(C)C)CC2c2ccc(Cl)cc2)c(Cl)c1. The topological polar surface area (TPSA) is 6.48 Å². The zero-order valence-corrected chi connectivity index (χ0v) is 18.3. The molecule has 3 rings (SSSR count). The molecule has 2 aromatic carbocycles. The van der Waals surface area contributed by atoms with Gasteiger partial charge in [-0.3, -0.25) is 4.90 Å². The Morgan fingerprint density at radius 2 is 1.70 bits per heavy atom. The van der Waals surface area contributed by atoms with Crippen LogP contribution in [0.5, 0.6) is 0 Å². The zero-order chi connectivity index (χ0) is 19.6. The minimum absolute atomic E-state index is 0.274. The van der Waals surface area contributed by atoms with E-state index >= 15 is 0 Å². The van der Waals surface area contributed by atoms with E-state index in [1.165, 1.54) is 17.5 Å². The first-order valence-corrected chi connectivity index (χ1v) is 10.5. The van der Waals surface area contributed by atoms with Crippen molar-refractivity contribution in [2.45, 2.75) is 40.2 Å². The van der Waals surface area contributed by atoms with Crippen LogP contribution in [0.4, 0.5) is 5.69 Å². The Balaban J connectivity index is 1.87. The van der Waals surface area contributed by atoms with Crippen molar-refractivity contribution in [2.75, 3.05) is 31.1 Å². The zero-order valence-electron chi connectivity index (χ0n) is 16.8. The molecule has 0 saturated carbocycles. The summed E-state index contributed by atoms with van der Waals surface area (Å²) < 4.78 is 0. The van der Waals surface area contributed by atoms with Gasteiger partial charge >= 0.3 is 0 Å². The monoisotopic (exact) mass is 404 g/mol. The average Bonchev–Trinajstić information content (AvgIpc) is 2.60. The maximum absolute atomic E-state index is 6.62. The van der Waals surface area contributed by atoms with Crippen molar-refractivity contribution in [2.24, 2.45) is 5.41 Å². The molecule has 0 amide bonds. The van der Waals surface area contributed by atoms with Crippen molar-refractivity contribution < 1.29 is 0 Å². The third-order valence-electron chi connectivity index (χ3n) is 5.31. The van der Waals surface area contributed by atoms with E-state index in [4.69, 9.17) is 23.2 Å². The molecule has 0 radical (unpaired) electrons. The molecule has 146 valence electrons. The summed E-state index contributed by atoms with van der Waals surface area (Å²) in [5.41, 5.74) is 3.96. The lowest BCUT2D eigenvalue weighted by Crippen LogP contribution is -2.49. The van der Waals surface area contributed by atoms with Gasteiger partial charge in [-0.2, -0.15) is 0 Å². The van der Waals surface area contributed by atoms with E-state index in [1.54, 1.807) is 0 Å². The van der Waals surface area contributed by atoms with Crippen LogP contribution in [0, 0.1) is 12.3 Å². The predicted octanol–water partition coefficient (Wildman–Crippen LogP) is 6.60. The molecule has 1 aliphatic rings. The van der Waals surface area contributed by atoms with Crippen LogP contribution in [-0.4, -0.2) is 31.1 Å². The molecule has 2 aromatic rings.